The van der Waals surface area contributed by atoms with E-state index < -0.39 is 0 Å². The number of hydrogen-bond acceptors (Lipinski definition) is 1. The molecule has 0 aliphatic rings. The summed E-state index contributed by atoms with van der Waals surface area (Å²) in [6.45, 7) is 17.9. The van der Waals surface area contributed by atoms with Gasteiger partial charge in [0.25, 0.3) is 0 Å². The van der Waals surface area contributed by atoms with Gasteiger partial charge in [-0.1, -0.05) is 115 Å². The maximum atomic E-state index is 3.85. The van der Waals surface area contributed by atoms with Gasteiger partial charge < -0.3 is 5.32 Å². The number of nitrogens with one attached hydrogen (secondary N) is 1. The fourth-order valence-corrected chi connectivity index (χ4v) is 2.69. The molecule has 3 aromatic carbocycles. The zero-order valence-electron chi connectivity index (χ0n) is 19.9. The van der Waals surface area contributed by atoms with Crippen LogP contribution in [0.1, 0.15) is 54.0 Å². The number of benzene rings is 3. The van der Waals surface area contributed by atoms with Gasteiger partial charge in [-0.3, -0.25) is 0 Å². The van der Waals surface area contributed by atoms with Gasteiger partial charge in [-0.05, 0) is 53.5 Å². The summed E-state index contributed by atoms with van der Waals surface area (Å²) < 4.78 is 0. The molecule has 0 radical (unpaired) electrons. The molecule has 0 saturated heterocycles. The molecule has 0 aliphatic carbocycles. The topological polar surface area (TPSA) is 12.0 Å². The fraction of sp³-hybridized carbons (Fsp3) is 0.241. The Morgan fingerprint density at radius 1 is 0.633 bits per heavy atom. The Labute approximate surface area is 185 Å². The Hall–Kier alpha value is -3.06. The van der Waals surface area contributed by atoms with Crippen molar-refractivity contribution in [2.75, 3.05) is 5.32 Å². The third kappa shape index (κ3) is 8.53. The van der Waals surface area contributed by atoms with Gasteiger partial charge in [-0.25, -0.2) is 0 Å². The van der Waals surface area contributed by atoms with Crippen LogP contribution in [0, 0.1) is 0 Å². The Morgan fingerprint density at radius 2 is 1.07 bits per heavy atom. The first kappa shape index (κ1) is 26.9. The maximum Gasteiger partial charge on any atom is 0.0384 e. The van der Waals surface area contributed by atoms with Gasteiger partial charge >= 0.3 is 0 Å². The molecule has 1 nitrogen and oxygen atoms in total. The second kappa shape index (κ2) is 16.9. The minimum atomic E-state index is 1.07. The van der Waals surface area contributed by atoms with E-state index in [4.69, 9.17) is 0 Å². The lowest BCUT2D eigenvalue weighted by molar-refractivity contribution is 1.50. The van der Waals surface area contributed by atoms with E-state index in [1.54, 1.807) is 0 Å². The van der Waals surface area contributed by atoms with E-state index in [2.05, 4.69) is 90.8 Å². The molecular weight excluding hydrogens is 362 g/mol. The predicted molar refractivity (Wildman–Crippen MR) is 139 cm³/mol. The van der Waals surface area contributed by atoms with Crippen LogP contribution in [0.15, 0.2) is 97.6 Å². The molecule has 0 heterocycles. The van der Waals surface area contributed by atoms with E-state index in [0.717, 1.165) is 16.9 Å². The molecule has 0 fully saturated rings. The third-order valence-electron chi connectivity index (χ3n) is 4.03. The number of allylic oxidation sites excluding steroid dienone is 3. The Bertz CT molecular complexity index is 826. The Kier molecular flexibility index (Phi) is 15.1. The summed E-state index contributed by atoms with van der Waals surface area (Å²) >= 11 is 0. The second-order valence-corrected chi connectivity index (χ2v) is 5.59. The SMILES string of the molecule is C=C/C(=C\C)c1ccc(Nc2ccc(-c3ccccc3)cc2)cc1.CC.CC.CC. The van der Waals surface area contributed by atoms with Gasteiger partial charge in [0.15, 0.2) is 0 Å². The average molecular weight is 402 g/mol. The van der Waals surface area contributed by atoms with Gasteiger partial charge in [0.05, 0.1) is 0 Å². The standard InChI is InChI=1S/C23H21N.3C2H6/c1-3-18(4-2)20-10-14-22(15-11-20)24-23-16-12-21(13-17-23)19-8-6-5-7-9-19;3*1-2/h3-17,24H,1H2,2H3;3*1-2H3/b18-4+;;;. The molecule has 0 aromatic heterocycles. The highest BCUT2D eigenvalue weighted by Gasteiger charge is 2.00. The molecule has 1 heteroatoms. The van der Waals surface area contributed by atoms with Crippen molar-refractivity contribution in [3.05, 3.63) is 103 Å². The molecule has 3 aromatic rings. The smallest absolute Gasteiger partial charge is 0.0384 e. The highest BCUT2D eigenvalue weighted by atomic mass is 14.9. The zero-order valence-corrected chi connectivity index (χ0v) is 19.9. The van der Waals surface area contributed by atoms with Crippen molar-refractivity contribution in [1.82, 2.24) is 0 Å². The molecule has 0 bridgehead atoms. The first-order valence-electron chi connectivity index (χ1n) is 11.1. The van der Waals surface area contributed by atoms with Crippen LogP contribution in [-0.2, 0) is 0 Å². The maximum absolute atomic E-state index is 3.85. The van der Waals surface area contributed by atoms with Crippen LogP contribution >= 0.6 is 0 Å². The monoisotopic (exact) mass is 401 g/mol. The van der Waals surface area contributed by atoms with Crippen LogP contribution in [0.2, 0.25) is 0 Å². The molecule has 0 aliphatic heterocycles. The van der Waals surface area contributed by atoms with E-state index in [1.165, 1.54) is 16.7 Å². The Balaban J connectivity index is 0.00000129. The summed E-state index contributed by atoms with van der Waals surface area (Å²) in [4.78, 5) is 0. The average Bonchev–Trinajstić information content (AvgIpc) is 2.86. The Morgan fingerprint density at radius 3 is 1.50 bits per heavy atom. The van der Waals surface area contributed by atoms with Crippen LogP contribution in [0.25, 0.3) is 16.7 Å². The second-order valence-electron chi connectivity index (χ2n) is 5.59. The van der Waals surface area contributed by atoms with Gasteiger partial charge in [-0.2, -0.15) is 0 Å². The molecule has 1 N–H and O–H groups in total. The summed E-state index contributed by atoms with van der Waals surface area (Å²) in [5.74, 6) is 0. The molecule has 3 rings (SSSR count). The van der Waals surface area contributed by atoms with Crippen LogP contribution in [0.4, 0.5) is 11.4 Å². The third-order valence-corrected chi connectivity index (χ3v) is 4.03. The zero-order chi connectivity index (χ0) is 22.8. The van der Waals surface area contributed by atoms with Crippen molar-refractivity contribution in [2.24, 2.45) is 0 Å². The van der Waals surface area contributed by atoms with Gasteiger partial charge in [0.1, 0.15) is 0 Å². The van der Waals surface area contributed by atoms with Crippen molar-refractivity contribution in [3.63, 3.8) is 0 Å². The van der Waals surface area contributed by atoms with E-state index in [0.29, 0.717) is 0 Å². The number of rotatable bonds is 5. The molecule has 0 atom stereocenters. The molecule has 160 valence electrons. The summed E-state index contributed by atoms with van der Waals surface area (Å²) in [5, 5.41) is 3.44. The fourth-order valence-electron chi connectivity index (χ4n) is 2.69. The quantitative estimate of drug-likeness (QED) is 0.419. The van der Waals surface area contributed by atoms with Gasteiger partial charge in [-0.15, -0.1) is 0 Å². The minimum absolute atomic E-state index is 1.07. The van der Waals surface area contributed by atoms with Crippen LogP contribution in [0.5, 0.6) is 0 Å². The van der Waals surface area contributed by atoms with Crippen molar-refractivity contribution < 1.29 is 0 Å². The van der Waals surface area contributed by atoms with Crippen LogP contribution in [-0.4, -0.2) is 0 Å². The summed E-state index contributed by atoms with van der Waals surface area (Å²) in [6.07, 6.45) is 3.95. The minimum Gasteiger partial charge on any atom is -0.356 e. The largest absolute Gasteiger partial charge is 0.356 e. The summed E-state index contributed by atoms with van der Waals surface area (Å²) in [5.41, 5.74) is 6.94. The number of hydrogen-bond donors (Lipinski definition) is 1. The molecule has 0 saturated carbocycles. The molecule has 30 heavy (non-hydrogen) atoms. The lowest BCUT2D eigenvalue weighted by atomic mass is 10.0. The first-order valence-corrected chi connectivity index (χ1v) is 11.1. The lowest BCUT2D eigenvalue weighted by Crippen LogP contribution is -1.90. The van der Waals surface area contributed by atoms with E-state index in [9.17, 15) is 0 Å². The highest BCUT2D eigenvalue weighted by molar-refractivity contribution is 5.75. The van der Waals surface area contributed by atoms with Crippen LogP contribution in [0.3, 0.4) is 0 Å². The summed E-state index contributed by atoms with van der Waals surface area (Å²) in [7, 11) is 0. The molecule has 0 unspecified atom stereocenters. The van der Waals surface area contributed by atoms with E-state index in [1.807, 2.05) is 60.6 Å². The van der Waals surface area contributed by atoms with E-state index >= 15 is 0 Å². The van der Waals surface area contributed by atoms with Crippen molar-refractivity contribution in [3.8, 4) is 11.1 Å². The number of anilines is 2. The van der Waals surface area contributed by atoms with Crippen molar-refractivity contribution in [2.45, 2.75) is 48.5 Å². The van der Waals surface area contributed by atoms with Crippen LogP contribution < -0.4 is 5.32 Å². The summed E-state index contributed by atoms with van der Waals surface area (Å²) in [6, 6.07) is 27.3. The lowest BCUT2D eigenvalue weighted by Gasteiger charge is -2.09. The normalized spacial score (nSPS) is 9.50. The van der Waals surface area contributed by atoms with Crippen molar-refractivity contribution >= 4 is 16.9 Å². The molecule has 0 spiro atoms. The molecule has 0 amide bonds. The highest BCUT2D eigenvalue weighted by Crippen LogP contribution is 2.24. The molecular formula is C29H39N. The van der Waals surface area contributed by atoms with E-state index in [-0.39, 0.29) is 0 Å². The van der Waals surface area contributed by atoms with Gasteiger partial charge in [0, 0.05) is 11.4 Å². The predicted octanol–water partition coefficient (Wildman–Crippen LogP) is 9.77. The first-order chi connectivity index (χ1) is 14.8. The van der Waals surface area contributed by atoms with Gasteiger partial charge in [0.2, 0.25) is 0 Å². The van der Waals surface area contributed by atoms with Crippen molar-refractivity contribution in [1.29, 1.82) is 0 Å².